The number of hydrogen-bond acceptors (Lipinski definition) is 6. The average Bonchev–Trinajstić information content (AvgIpc) is 3.10. The molecule has 0 saturated carbocycles. The van der Waals surface area contributed by atoms with Crippen LogP contribution in [0.4, 0.5) is 11.4 Å². The number of non-ortho nitro benzene ring substituents is 1. The van der Waals surface area contributed by atoms with E-state index in [0.717, 1.165) is 5.56 Å². The fraction of sp³-hybridized carbons (Fsp3) is 0.273. The van der Waals surface area contributed by atoms with Gasteiger partial charge < -0.3 is 10.2 Å². The van der Waals surface area contributed by atoms with Crippen molar-refractivity contribution in [1.82, 2.24) is 10.2 Å². The second-order valence-corrected chi connectivity index (χ2v) is 7.70. The van der Waals surface area contributed by atoms with E-state index in [1.54, 1.807) is 30.3 Å². The van der Waals surface area contributed by atoms with Crippen LogP contribution in [-0.2, 0) is 27.3 Å². The molecular formula is C22H20N4O6. The van der Waals surface area contributed by atoms with E-state index in [1.165, 1.54) is 17.0 Å². The first-order valence-corrected chi connectivity index (χ1v) is 10.1. The molecule has 10 nitrogen and oxygen atoms in total. The maximum atomic E-state index is 12.8. The van der Waals surface area contributed by atoms with Crippen molar-refractivity contribution in [2.24, 2.45) is 0 Å². The first-order chi connectivity index (χ1) is 15.3. The summed E-state index contributed by atoms with van der Waals surface area (Å²) in [5.41, 5.74) is 2.33. The predicted octanol–water partition coefficient (Wildman–Crippen LogP) is 1.93. The van der Waals surface area contributed by atoms with Crippen molar-refractivity contribution in [2.75, 3.05) is 5.32 Å². The van der Waals surface area contributed by atoms with Gasteiger partial charge in [-0.2, -0.15) is 0 Å². The fourth-order valence-electron chi connectivity index (χ4n) is 3.96. The van der Waals surface area contributed by atoms with Gasteiger partial charge >= 0.3 is 0 Å². The Morgan fingerprint density at radius 3 is 2.59 bits per heavy atom. The third-order valence-electron chi connectivity index (χ3n) is 5.64. The van der Waals surface area contributed by atoms with E-state index in [4.69, 9.17) is 0 Å². The average molecular weight is 436 g/mol. The fourth-order valence-corrected chi connectivity index (χ4v) is 3.96. The summed E-state index contributed by atoms with van der Waals surface area (Å²) < 4.78 is 0. The highest BCUT2D eigenvalue weighted by molar-refractivity contribution is 6.06. The van der Waals surface area contributed by atoms with E-state index < -0.39 is 16.9 Å². The Balaban J connectivity index is 1.42. The number of hydrogen-bond donors (Lipinski definition) is 2. The van der Waals surface area contributed by atoms with Crippen molar-refractivity contribution in [1.29, 1.82) is 0 Å². The first kappa shape index (κ1) is 21.2. The minimum atomic E-state index is -0.724. The number of carbonyl (C=O) groups excluding carboxylic acids is 4. The lowest BCUT2D eigenvalue weighted by Gasteiger charge is -2.29. The summed E-state index contributed by atoms with van der Waals surface area (Å²) in [6.45, 7) is 0.166. The summed E-state index contributed by atoms with van der Waals surface area (Å²) in [5.74, 6) is -1.41. The Bertz CT molecular complexity index is 1130. The molecule has 2 aliphatic heterocycles. The van der Waals surface area contributed by atoms with Gasteiger partial charge in [-0.15, -0.1) is 0 Å². The highest BCUT2D eigenvalue weighted by atomic mass is 16.6. The van der Waals surface area contributed by atoms with Gasteiger partial charge in [0.2, 0.25) is 17.7 Å². The third kappa shape index (κ3) is 4.20. The predicted molar refractivity (Wildman–Crippen MR) is 113 cm³/mol. The number of nitrogens with one attached hydrogen (secondary N) is 2. The van der Waals surface area contributed by atoms with Gasteiger partial charge in [-0.25, -0.2) is 0 Å². The minimum Gasteiger partial charge on any atom is -0.326 e. The second kappa shape index (κ2) is 8.58. The molecule has 4 rings (SSSR count). The summed E-state index contributed by atoms with van der Waals surface area (Å²) >= 11 is 0. The van der Waals surface area contributed by atoms with E-state index in [0.29, 0.717) is 23.2 Å². The van der Waals surface area contributed by atoms with Crippen LogP contribution in [0.15, 0.2) is 42.5 Å². The zero-order valence-corrected chi connectivity index (χ0v) is 17.0. The molecule has 2 heterocycles. The lowest BCUT2D eigenvalue weighted by Crippen LogP contribution is -2.52. The molecule has 10 heteroatoms. The highest BCUT2D eigenvalue weighted by Crippen LogP contribution is 2.32. The first-order valence-electron chi connectivity index (χ1n) is 10.1. The maximum absolute atomic E-state index is 12.8. The van der Waals surface area contributed by atoms with Gasteiger partial charge in [-0.05, 0) is 30.5 Å². The van der Waals surface area contributed by atoms with E-state index in [9.17, 15) is 29.3 Å². The number of imide groups is 1. The number of nitro groups is 1. The van der Waals surface area contributed by atoms with E-state index in [2.05, 4.69) is 10.6 Å². The summed E-state index contributed by atoms with van der Waals surface area (Å²) in [4.78, 5) is 60.6. The largest absolute Gasteiger partial charge is 0.326 e. The maximum Gasteiger partial charge on any atom is 0.269 e. The molecule has 164 valence electrons. The number of carbonyl (C=O) groups is 4. The van der Waals surface area contributed by atoms with Gasteiger partial charge in [-0.3, -0.25) is 34.6 Å². The lowest BCUT2D eigenvalue weighted by atomic mass is 10.0. The molecule has 1 fully saturated rings. The number of nitro benzene ring substituents is 1. The molecule has 0 bridgehead atoms. The molecule has 2 aliphatic rings. The van der Waals surface area contributed by atoms with Gasteiger partial charge in [0.05, 0.1) is 4.92 Å². The number of aryl methyl sites for hydroxylation is 1. The van der Waals surface area contributed by atoms with Gasteiger partial charge in [-0.1, -0.05) is 18.2 Å². The molecule has 2 N–H and O–H groups in total. The SMILES string of the molecule is O=C1CCC(N2Cc3c(NC(=O)CCc4ccc([N+](=O)[O-])cc4)cccc3C2=O)C(=O)N1. The number of benzene rings is 2. The molecule has 0 aliphatic carbocycles. The molecule has 0 aromatic heterocycles. The van der Waals surface area contributed by atoms with Gasteiger partial charge in [0.1, 0.15) is 6.04 Å². The number of amides is 4. The molecule has 2 aromatic rings. The molecule has 1 atom stereocenters. The van der Waals surface area contributed by atoms with Gasteiger partial charge in [0.15, 0.2) is 0 Å². The topological polar surface area (TPSA) is 139 Å². The minimum absolute atomic E-state index is 0.0108. The molecule has 0 spiro atoms. The van der Waals surface area contributed by atoms with Crippen LogP contribution in [0.2, 0.25) is 0 Å². The normalized spacial score (nSPS) is 17.7. The van der Waals surface area contributed by atoms with Crippen LogP contribution < -0.4 is 10.6 Å². The van der Waals surface area contributed by atoms with Crippen molar-refractivity contribution in [2.45, 2.75) is 38.3 Å². The van der Waals surface area contributed by atoms with Gasteiger partial charge in [0, 0.05) is 48.3 Å². The van der Waals surface area contributed by atoms with Crippen LogP contribution >= 0.6 is 0 Å². The molecule has 1 unspecified atom stereocenters. The summed E-state index contributed by atoms with van der Waals surface area (Å²) in [6, 6.07) is 10.3. The second-order valence-electron chi connectivity index (χ2n) is 7.70. The number of piperidine rings is 1. The number of fused-ring (bicyclic) bond motifs is 1. The molecule has 0 radical (unpaired) electrons. The highest BCUT2D eigenvalue weighted by Gasteiger charge is 2.39. The van der Waals surface area contributed by atoms with E-state index in [1.807, 2.05) is 0 Å². The zero-order chi connectivity index (χ0) is 22.8. The Morgan fingerprint density at radius 1 is 1.16 bits per heavy atom. The van der Waals surface area contributed by atoms with Crippen molar-refractivity contribution in [3.63, 3.8) is 0 Å². The number of rotatable bonds is 6. The third-order valence-corrected chi connectivity index (χ3v) is 5.64. The summed E-state index contributed by atoms with van der Waals surface area (Å²) in [7, 11) is 0. The number of anilines is 1. The Hall–Kier alpha value is -4.08. The van der Waals surface area contributed by atoms with Crippen LogP contribution in [-0.4, -0.2) is 39.5 Å². The van der Waals surface area contributed by atoms with Crippen molar-refractivity contribution >= 4 is 35.0 Å². The van der Waals surface area contributed by atoms with Crippen LogP contribution in [0.1, 0.15) is 40.7 Å². The molecule has 1 saturated heterocycles. The Kier molecular flexibility index (Phi) is 5.67. The molecule has 4 amide bonds. The summed E-state index contributed by atoms with van der Waals surface area (Å²) in [5, 5.41) is 15.8. The van der Waals surface area contributed by atoms with Crippen LogP contribution in [0, 0.1) is 10.1 Å². The molecular weight excluding hydrogens is 416 g/mol. The molecule has 2 aromatic carbocycles. The van der Waals surface area contributed by atoms with Crippen LogP contribution in [0.5, 0.6) is 0 Å². The van der Waals surface area contributed by atoms with E-state index in [-0.39, 0.29) is 49.2 Å². The molecule has 32 heavy (non-hydrogen) atoms. The van der Waals surface area contributed by atoms with Crippen LogP contribution in [0.3, 0.4) is 0 Å². The monoisotopic (exact) mass is 436 g/mol. The van der Waals surface area contributed by atoms with Crippen molar-refractivity contribution < 1.29 is 24.1 Å². The van der Waals surface area contributed by atoms with Crippen molar-refractivity contribution in [3.8, 4) is 0 Å². The smallest absolute Gasteiger partial charge is 0.269 e. The standard InChI is InChI=1S/C22H20N4O6/c27-19(10-6-13-4-7-14(8-5-13)26(31)32)23-17-3-1-2-15-16(17)12-25(22(15)30)18-9-11-20(28)24-21(18)29/h1-5,7-8,18H,6,9-12H2,(H,23,27)(H,24,28,29). The Labute approximate surface area is 182 Å². The van der Waals surface area contributed by atoms with E-state index >= 15 is 0 Å². The lowest BCUT2D eigenvalue weighted by molar-refractivity contribution is -0.384. The summed E-state index contributed by atoms with van der Waals surface area (Å²) in [6.07, 6.45) is 0.997. The number of nitrogens with zero attached hydrogens (tertiary/aromatic N) is 2. The van der Waals surface area contributed by atoms with Gasteiger partial charge in [0.25, 0.3) is 11.6 Å². The van der Waals surface area contributed by atoms with Crippen LogP contribution in [0.25, 0.3) is 0 Å². The van der Waals surface area contributed by atoms with Crippen molar-refractivity contribution in [3.05, 3.63) is 69.3 Å². The zero-order valence-electron chi connectivity index (χ0n) is 17.0. The quantitative estimate of drug-likeness (QED) is 0.403. The Morgan fingerprint density at radius 2 is 1.91 bits per heavy atom.